The first-order valence-corrected chi connectivity index (χ1v) is 8.15. The number of benzene rings is 3. The van der Waals surface area contributed by atoms with E-state index in [9.17, 15) is 19.7 Å². The van der Waals surface area contributed by atoms with Crippen molar-refractivity contribution in [2.45, 2.75) is 6.92 Å². The Kier molecular flexibility index (Phi) is 5.12. The van der Waals surface area contributed by atoms with Gasteiger partial charge in [0.15, 0.2) is 6.61 Å². The third-order valence-electron chi connectivity index (χ3n) is 4.09. The summed E-state index contributed by atoms with van der Waals surface area (Å²) < 4.78 is 4.99. The van der Waals surface area contributed by atoms with Gasteiger partial charge in [-0.05, 0) is 35.9 Å². The fourth-order valence-electron chi connectivity index (χ4n) is 2.72. The molecular weight excluding hydrogens is 348 g/mol. The number of fused-ring (bicyclic) bond motifs is 1. The van der Waals surface area contributed by atoms with Gasteiger partial charge in [-0.1, -0.05) is 36.4 Å². The highest BCUT2D eigenvalue weighted by molar-refractivity contribution is 5.98. The number of esters is 1. The Bertz CT molecular complexity index is 1050. The van der Waals surface area contributed by atoms with Crippen LogP contribution in [0.4, 0.5) is 11.4 Å². The number of amides is 1. The molecule has 0 atom stereocenters. The van der Waals surface area contributed by atoms with Gasteiger partial charge < -0.3 is 10.1 Å². The number of carbonyl (C=O) groups excluding carboxylic acids is 2. The Morgan fingerprint density at radius 3 is 2.52 bits per heavy atom. The molecule has 3 aromatic rings. The first-order chi connectivity index (χ1) is 13.0. The molecule has 3 aromatic carbocycles. The second-order valence-electron chi connectivity index (χ2n) is 5.89. The van der Waals surface area contributed by atoms with E-state index in [0.29, 0.717) is 5.69 Å². The van der Waals surface area contributed by atoms with Gasteiger partial charge in [-0.25, -0.2) is 4.79 Å². The zero-order chi connectivity index (χ0) is 19.4. The zero-order valence-electron chi connectivity index (χ0n) is 14.5. The summed E-state index contributed by atoms with van der Waals surface area (Å²) in [7, 11) is 0. The number of nitro benzene ring substituents is 1. The van der Waals surface area contributed by atoms with Crippen LogP contribution in [0.25, 0.3) is 10.8 Å². The SMILES string of the molecule is Cc1c(C(=O)OCC(=O)Nc2ccc3ccccc3c2)cccc1[N+](=O)[O-]. The van der Waals surface area contributed by atoms with E-state index in [-0.39, 0.29) is 16.8 Å². The van der Waals surface area contributed by atoms with E-state index < -0.39 is 23.4 Å². The van der Waals surface area contributed by atoms with E-state index in [2.05, 4.69) is 5.32 Å². The van der Waals surface area contributed by atoms with Crippen molar-refractivity contribution in [3.8, 4) is 0 Å². The number of nitro groups is 1. The highest BCUT2D eigenvalue weighted by Gasteiger charge is 2.19. The largest absolute Gasteiger partial charge is 0.452 e. The molecule has 0 unspecified atom stereocenters. The van der Waals surface area contributed by atoms with Crippen molar-refractivity contribution >= 4 is 34.0 Å². The van der Waals surface area contributed by atoms with E-state index in [1.165, 1.54) is 25.1 Å². The summed E-state index contributed by atoms with van der Waals surface area (Å²) in [5, 5.41) is 15.6. The van der Waals surface area contributed by atoms with E-state index in [4.69, 9.17) is 4.74 Å². The highest BCUT2D eigenvalue weighted by Crippen LogP contribution is 2.22. The molecule has 7 heteroatoms. The monoisotopic (exact) mass is 364 g/mol. The molecule has 1 N–H and O–H groups in total. The summed E-state index contributed by atoms with van der Waals surface area (Å²) in [5.41, 5.74) is 0.663. The third-order valence-corrected chi connectivity index (χ3v) is 4.09. The maximum absolute atomic E-state index is 12.1. The number of anilines is 1. The van der Waals surface area contributed by atoms with Crippen LogP contribution < -0.4 is 5.32 Å². The molecule has 0 bridgehead atoms. The van der Waals surface area contributed by atoms with E-state index in [1.807, 2.05) is 36.4 Å². The van der Waals surface area contributed by atoms with Crippen molar-refractivity contribution in [1.82, 2.24) is 0 Å². The predicted molar refractivity (Wildman–Crippen MR) is 101 cm³/mol. The fraction of sp³-hybridized carbons (Fsp3) is 0.100. The molecule has 27 heavy (non-hydrogen) atoms. The quantitative estimate of drug-likeness (QED) is 0.421. The van der Waals surface area contributed by atoms with Gasteiger partial charge in [0.1, 0.15) is 0 Å². The normalized spacial score (nSPS) is 10.4. The lowest BCUT2D eigenvalue weighted by Crippen LogP contribution is -2.21. The van der Waals surface area contributed by atoms with Crippen molar-refractivity contribution in [3.63, 3.8) is 0 Å². The average molecular weight is 364 g/mol. The van der Waals surface area contributed by atoms with Crippen LogP contribution in [0.2, 0.25) is 0 Å². The smallest absolute Gasteiger partial charge is 0.339 e. The van der Waals surface area contributed by atoms with Crippen LogP contribution in [0.5, 0.6) is 0 Å². The minimum atomic E-state index is -0.787. The van der Waals surface area contributed by atoms with Crippen LogP contribution in [0.15, 0.2) is 60.7 Å². The van der Waals surface area contributed by atoms with E-state index in [1.54, 1.807) is 6.07 Å². The Balaban J connectivity index is 1.64. The molecule has 0 saturated heterocycles. The molecule has 1 amide bonds. The maximum atomic E-state index is 12.1. The zero-order valence-corrected chi connectivity index (χ0v) is 14.5. The number of hydrogen-bond donors (Lipinski definition) is 1. The minimum Gasteiger partial charge on any atom is -0.452 e. The average Bonchev–Trinajstić information content (AvgIpc) is 2.66. The van der Waals surface area contributed by atoms with Crippen LogP contribution in [0.3, 0.4) is 0 Å². The van der Waals surface area contributed by atoms with Gasteiger partial charge >= 0.3 is 5.97 Å². The lowest BCUT2D eigenvalue weighted by molar-refractivity contribution is -0.385. The molecule has 0 radical (unpaired) electrons. The third kappa shape index (κ3) is 4.09. The van der Waals surface area contributed by atoms with Crippen LogP contribution in [0, 0.1) is 17.0 Å². The van der Waals surface area contributed by atoms with Crippen LogP contribution in [-0.2, 0) is 9.53 Å². The maximum Gasteiger partial charge on any atom is 0.339 e. The Hall–Kier alpha value is -3.74. The molecule has 136 valence electrons. The summed E-state index contributed by atoms with van der Waals surface area (Å²) >= 11 is 0. The molecule has 0 spiro atoms. The Morgan fingerprint density at radius 2 is 1.78 bits per heavy atom. The number of carbonyl (C=O) groups is 2. The van der Waals surface area contributed by atoms with Crippen LogP contribution in [-0.4, -0.2) is 23.4 Å². The van der Waals surface area contributed by atoms with Crippen LogP contribution >= 0.6 is 0 Å². The topological polar surface area (TPSA) is 98.5 Å². The minimum absolute atomic E-state index is 0.0581. The van der Waals surface area contributed by atoms with Gasteiger partial charge in [-0.2, -0.15) is 0 Å². The van der Waals surface area contributed by atoms with E-state index in [0.717, 1.165) is 10.8 Å². The first kappa shape index (κ1) is 18.1. The van der Waals surface area contributed by atoms with Crippen molar-refractivity contribution in [3.05, 3.63) is 81.9 Å². The molecule has 3 rings (SSSR count). The standard InChI is InChI=1S/C20H16N2O5/c1-13-17(7-4-8-18(13)22(25)26)20(24)27-12-19(23)21-16-10-9-14-5-2-3-6-15(14)11-16/h2-11H,12H2,1H3,(H,21,23). The molecule has 0 aliphatic heterocycles. The fourth-order valence-corrected chi connectivity index (χ4v) is 2.72. The Morgan fingerprint density at radius 1 is 1.04 bits per heavy atom. The number of hydrogen-bond acceptors (Lipinski definition) is 5. The van der Waals surface area contributed by atoms with Gasteiger partial charge in [0.05, 0.1) is 10.5 Å². The summed E-state index contributed by atoms with van der Waals surface area (Å²) in [5.74, 6) is -1.29. The summed E-state index contributed by atoms with van der Waals surface area (Å²) in [6.45, 7) is 0.970. The second kappa shape index (κ2) is 7.65. The van der Waals surface area contributed by atoms with Crippen molar-refractivity contribution in [2.24, 2.45) is 0 Å². The summed E-state index contributed by atoms with van der Waals surface area (Å²) in [6, 6.07) is 17.3. The number of nitrogens with one attached hydrogen (secondary N) is 1. The van der Waals surface area contributed by atoms with Crippen molar-refractivity contribution in [2.75, 3.05) is 11.9 Å². The van der Waals surface area contributed by atoms with Gasteiger partial charge in [-0.15, -0.1) is 0 Å². The molecule has 0 aromatic heterocycles. The van der Waals surface area contributed by atoms with Gasteiger partial charge in [-0.3, -0.25) is 14.9 Å². The lowest BCUT2D eigenvalue weighted by atomic mass is 10.1. The van der Waals surface area contributed by atoms with Gasteiger partial charge in [0.25, 0.3) is 11.6 Å². The molecule has 0 saturated carbocycles. The van der Waals surface area contributed by atoms with Gasteiger partial charge in [0.2, 0.25) is 0 Å². The number of nitrogens with zero attached hydrogens (tertiary/aromatic N) is 1. The molecule has 0 heterocycles. The first-order valence-electron chi connectivity index (χ1n) is 8.15. The highest BCUT2D eigenvalue weighted by atomic mass is 16.6. The number of rotatable bonds is 5. The second-order valence-corrected chi connectivity index (χ2v) is 5.89. The molecule has 7 nitrogen and oxygen atoms in total. The lowest BCUT2D eigenvalue weighted by Gasteiger charge is -2.09. The number of ether oxygens (including phenoxy) is 1. The van der Waals surface area contributed by atoms with Crippen molar-refractivity contribution < 1.29 is 19.2 Å². The predicted octanol–water partition coefficient (Wildman–Crippen LogP) is 3.85. The molecule has 0 fully saturated rings. The molecule has 0 aliphatic rings. The van der Waals surface area contributed by atoms with Crippen molar-refractivity contribution in [1.29, 1.82) is 0 Å². The van der Waals surface area contributed by atoms with E-state index >= 15 is 0 Å². The Labute approximate surface area is 154 Å². The molecule has 0 aliphatic carbocycles. The summed E-state index contributed by atoms with van der Waals surface area (Å²) in [6.07, 6.45) is 0. The van der Waals surface area contributed by atoms with Gasteiger partial charge in [0, 0.05) is 17.3 Å². The van der Waals surface area contributed by atoms with Crippen LogP contribution in [0.1, 0.15) is 15.9 Å². The summed E-state index contributed by atoms with van der Waals surface area (Å²) in [4.78, 5) is 34.6. The molecular formula is C20H16N2O5.